The van der Waals surface area contributed by atoms with E-state index in [0.29, 0.717) is 29.1 Å². The van der Waals surface area contributed by atoms with Gasteiger partial charge in [0, 0.05) is 17.3 Å². The van der Waals surface area contributed by atoms with Crippen molar-refractivity contribution in [2.24, 2.45) is 0 Å². The first-order chi connectivity index (χ1) is 12.2. The zero-order chi connectivity index (χ0) is 18.9. The molecule has 7 nitrogen and oxygen atoms in total. The maximum Gasteiger partial charge on any atom is 0.251 e. The van der Waals surface area contributed by atoms with E-state index < -0.39 is 15.4 Å². The first kappa shape index (κ1) is 18.2. The third kappa shape index (κ3) is 3.65. The summed E-state index contributed by atoms with van der Waals surface area (Å²) >= 11 is 0. The molecule has 1 aromatic heterocycles. The lowest BCUT2D eigenvalue weighted by atomic mass is 10.0. The lowest BCUT2D eigenvalue weighted by Crippen LogP contribution is -2.46. The topological polar surface area (TPSA) is 111 Å². The predicted octanol–water partition coefficient (Wildman–Crippen LogP) is 1.65. The van der Waals surface area contributed by atoms with Gasteiger partial charge in [-0.05, 0) is 31.5 Å². The Kier molecular flexibility index (Phi) is 4.62. The molecule has 1 amide bonds. The Bertz CT molecular complexity index is 941. The van der Waals surface area contributed by atoms with E-state index in [-0.39, 0.29) is 17.4 Å². The molecule has 3 rings (SSSR count). The van der Waals surface area contributed by atoms with Gasteiger partial charge in [0.1, 0.15) is 5.69 Å². The molecule has 0 radical (unpaired) electrons. The van der Waals surface area contributed by atoms with Crippen molar-refractivity contribution in [3.63, 3.8) is 0 Å². The van der Waals surface area contributed by atoms with Crippen LogP contribution in [0.25, 0.3) is 11.3 Å². The number of aromatic nitrogens is 1. The summed E-state index contributed by atoms with van der Waals surface area (Å²) < 4.78 is 28.7. The number of anilines is 1. The zero-order valence-corrected chi connectivity index (χ0v) is 15.5. The number of hydrogen-bond donors (Lipinski definition) is 2. The van der Waals surface area contributed by atoms with E-state index in [1.807, 2.05) is 0 Å². The Labute approximate surface area is 152 Å². The largest absolute Gasteiger partial charge is 0.492 e. The highest BCUT2D eigenvalue weighted by molar-refractivity contribution is 7.91. The molecule has 1 aromatic carbocycles. The number of nitrogens with one attached hydrogen (secondary N) is 1. The standard InChI is InChI=1S/C18H21N3O4S/c1-18(8-10-26(23,24)11-18)21-17(22)13-5-3-12(4-6-13)15-16(25-2)14(19)7-9-20-15/h3-7,9H,8,10-11H2,1-2H3,(H2,19,20)(H,21,22). The molecule has 1 atom stereocenters. The third-order valence-electron chi connectivity index (χ3n) is 4.48. The predicted molar refractivity (Wildman–Crippen MR) is 99.8 cm³/mol. The average molecular weight is 375 g/mol. The summed E-state index contributed by atoms with van der Waals surface area (Å²) in [6.07, 6.45) is 2.01. The van der Waals surface area contributed by atoms with Gasteiger partial charge >= 0.3 is 0 Å². The molecule has 2 aromatic rings. The minimum atomic E-state index is -3.08. The van der Waals surface area contributed by atoms with Gasteiger partial charge in [0.25, 0.3) is 5.91 Å². The smallest absolute Gasteiger partial charge is 0.251 e. The molecule has 2 heterocycles. The number of methoxy groups -OCH3 is 1. The highest BCUT2D eigenvalue weighted by Crippen LogP contribution is 2.32. The van der Waals surface area contributed by atoms with Crippen molar-refractivity contribution in [2.45, 2.75) is 18.9 Å². The van der Waals surface area contributed by atoms with Gasteiger partial charge in [0.05, 0.1) is 29.8 Å². The number of hydrogen-bond acceptors (Lipinski definition) is 6. The summed E-state index contributed by atoms with van der Waals surface area (Å²) in [7, 11) is -1.56. The Hall–Kier alpha value is -2.61. The Morgan fingerprint density at radius 2 is 1.96 bits per heavy atom. The number of sulfone groups is 1. The maximum absolute atomic E-state index is 12.5. The molecule has 0 bridgehead atoms. The molecule has 8 heteroatoms. The Morgan fingerprint density at radius 1 is 1.27 bits per heavy atom. The molecular formula is C18H21N3O4S. The second-order valence-electron chi connectivity index (χ2n) is 6.72. The monoisotopic (exact) mass is 375 g/mol. The summed E-state index contributed by atoms with van der Waals surface area (Å²) in [5.74, 6) is 0.245. The molecular weight excluding hydrogens is 354 g/mol. The van der Waals surface area contributed by atoms with Crippen molar-refractivity contribution >= 4 is 21.4 Å². The summed E-state index contributed by atoms with van der Waals surface area (Å²) in [4.78, 5) is 16.8. The quantitative estimate of drug-likeness (QED) is 0.840. The molecule has 1 fully saturated rings. The fourth-order valence-electron chi connectivity index (χ4n) is 3.12. The van der Waals surface area contributed by atoms with Gasteiger partial charge in [-0.15, -0.1) is 0 Å². The summed E-state index contributed by atoms with van der Waals surface area (Å²) in [5.41, 5.74) is 7.45. The van der Waals surface area contributed by atoms with Gasteiger partial charge in [-0.1, -0.05) is 12.1 Å². The number of benzene rings is 1. The molecule has 0 spiro atoms. The lowest BCUT2D eigenvalue weighted by molar-refractivity contribution is 0.0915. The molecule has 0 saturated carbocycles. The van der Waals surface area contributed by atoms with Crippen LogP contribution in [0.3, 0.4) is 0 Å². The van der Waals surface area contributed by atoms with Crippen LogP contribution in [0.2, 0.25) is 0 Å². The van der Waals surface area contributed by atoms with Gasteiger partial charge in [0.15, 0.2) is 15.6 Å². The van der Waals surface area contributed by atoms with Crippen LogP contribution in [0.4, 0.5) is 5.69 Å². The van der Waals surface area contributed by atoms with Crippen LogP contribution in [0.1, 0.15) is 23.7 Å². The van der Waals surface area contributed by atoms with Crippen LogP contribution < -0.4 is 15.8 Å². The normalized spacial score (nSPS) is 21.3. The van der Waals surface area contributed by atoms with Crippen LogP contribution in [0.15, 0.2) is 36.5 Å². The first-order valence-electron chi connectivity index (χ1n) is 8.15. The Balaban J connectivity index is 1.80. The molecule has 1 unspecified atom stereocenters. The number of nitrogens with two attached hydrogens (primary N) is 1. The fraction of sp³-hybridized carbons (Fsp3) is 0.333. The number of rotatable bonds is 4. The van der Waals surface area contributed by atoms with E-state index >= 15 is 0 Å². The van der Waals surface area contributed by atoms with Crippen LogP contribution in [0, 0.1) is 0 Å². The second-order valence-corrected chi connectivity index (χ2v) is 8.90. The number of pyridine rings is 1. The van der Waals surface area contributed by atoms with E-state index in [0.717, 1.165) is 5.56 Å². The number of carbonyl (C=O) groups excluding carboxylic acids is 1. The van der Waals surface area contributed by atoms with Crippen molar-refractivity contribution in [2.75, 3.05) is 24.3 Å². The van der Waals surface area contributed by atoms with Crippen molar-refractivity contribution in [3.8, 4) is 17.0 Å². The SMILES string of the molecule is COc1c(N)ccnc1-c1ccc(C(=O)NC2(C)CCS(=O)(=O)C2)cc1. The zero-order valence-electron chi connectivity index (χ0n) is 14.7. The molecule has 138 valence electrons. The van der Waals surface area contributed by atoms with Crippen molar-refractivity contribution in [1.82, 2.24) is 10.3 Å². The second kappa shape index (κ2) is 6.60. The van der Waals surface area contributed by atoms with Gasteiger partial charge in [0.2, 0.25) is 0 Å². The van der Waals surface area contributed by atoms with Gasteiger partial charge in [-0.25, -0.2) is 8.42 Å². The molecule has 1 saturated heterocycles. The number of amides is 1. The Morgan fingerprint density at radius 3 is 2.54 bits per heavy atom. The first-order valence-corrected chi connectivity index (χ1v) is 9.97. The fourth-order valence-corrected chi connectivity index (χ4v) is 5.21. The van der Waals surface area contributed by atoms with Crippen LogP contribution >= 0.6 is 0 Å². The van der Waals surface area contributed by atoms with E-state index in [1.54, 1.807) is 43.5 Å². The summed E-state index contributed by atoms with van der Waals surface area (Å²) in [6.45, 7) is 1.76. The minimum Gasteiger partial charge on any atom is -0.492 e. The highest BCUT2D eigenvalue weighted by Gasteiger charge is 2.39. The van der Waals surface area contributed by atoms with Crippen molar-refractivity contribution < 1.29 is 17.9 Å². The van der Waals surface area contributed by atoms with Crippen LogP contribution in [-0.2, 0) is 9.84 Å². The summed E-state index contributed by atoms with van der Waals surface area (Å²) in [6, 6.07) is 8.50. The minimum absolute atomic E-state index is 0.0335. The highest BCUT2D eigenvalue weighted by atomic mass is 32.2. The number of nitrogen functional groups attached to an aromatic ring is 1. The lowest BCUT2D eigenvalue weighted by Gasteiger charge is -2.23. The van der Waals surface area contributed by atoms with Gasteiger partial charge in [-0.2, -0.15) is 0 Å². The molecule has 1 aliphatic heterocycles. The van der Waals surface area contributed by atoms with Crippen molar-refractivity contribution in [1.29, 1.82) is 0 Å². The number of ether oxygens (including phenoxy) is 1. The van der Waals surface area contributed by atoms with E-state index in [2.05, 4.69) is 10.3 Å². The van der Waals surface area contributed by atoms with Crippen molar-refractivity contribution in [3.05, 3.63) is 42.1 Å². The molecule has 26 heavy (non-hydrogen) atoms. The maximum atomic E-state index is 12.5. The number of nitrogens with zero attached hydrogens (tertiary/aromatic N) is 1. The van der Waals surface area contributed by atoms with E-state index in [9.17, 15) is 13.2 Å². The van der Waals surface area contributed by atoms with Crippen LogP contribution in [-0.4, -0.2) is 43.5 Å². The third-order valence-corrected chi connectivity index (χ3v) is 6.38. The van der Waals surface area contributed by atoms with Gasteiger partial charge < -0.3 is 15.8 Å². The molecule has 0 aliphatic carbocycles. The van der Waals surface area contributed by atoms with E-state index in [1.165, 1.54) is 7.11 Å². The molecule has 3 N–H and O–H groups in total. The summed E-state index contributed by atoms with van der Waals surface area (Å²) in [5, 5.41) is 2.84. The molecule has 1 aliphatic rings. The number of carbonyl (C=O) groups is 1. The average Bonchev–Trinajstić information content (AvgIpc) is 2.87. The van der Waals surface area contributed by atoms with Gasteiger partial charge in [-0.3, -0.25) is 9.78 Å². The van der Waals surface area contributed by atoms with E-state index in [4.69, 9.17) is 10.5 Å². The van der Waals surface area contributed by atoms with Crippen LogP contribution in [0.5, 0.6) is 5.75 Å².